The molecule has 26 heavy (non-hydrogen) atoms. The normalized spacial score (nSPS) is 14.6. The van der Waals surface area contributed by atoms with Gasteiger partial charge in [0.2, 0.25) is 10.0 Å². The van der Waals surface area contributed by atoms with Gasteiger partial charge in [-0.15, -0.1) is 0 Å². The molecule has 1 aliphatic heterocycles. The van der Waals surface area contributed by atoms with Crippen LogP contribution < -0.4 is 4.72 Å². The number of aromatic nitrogens is 1. The number of aryl methyl sites for hydroxylation is 2. The molecule has 0 bridgehead atoms. The number of hydrogen-bond acceptors (Lipinski definition) is 4. The van der Waals surface area contributed by atoms with E-state index >= 15 is 0 Å². The van der Waals surface area contributed by atoms with E-state index < -0.39 is 10.0 Å². The maximum atomic E-state index is 12.6. The van der Waals surface area contributed by atoms with Gasteiger partial charge in [0.25, 0.3) is 5.91 Å². The van der Waals surface area contributed by atoms with Crippen molar-refractivity contribution in [2.75, 3.05) is 13.1 Å². The summed E-state index contributed by atoms with van der Waals surface area (Å²) < 4.78 is 27.8. The lowest BCUT2D eigenvalue weighted by Crippen LogP contribution is -2.28. The summed E-state index contributed by atoms with van der Waals surface area (Å²) >= 11 is 0. The Balaban J connectivity index is 1.76. The molecule has 7 heteroatoms. The maximum Gasteiger partial charge on any atom is 0.253 e. The standard InChI is InChI=1S/C19H23N3O3S/c1-14-10-15(2)20-12-17(14)13-21-26(24,25)18-7-5-6-16(11-18)19(23)22-8-3-4-9-22/h5-7,10-12,21H,3-4,8-9,13H2,1-2H3. The van der Waals surface area contributed by atoms with Crippen LogP contribution in [0.1, 0.15) is 40.0 Å². The molecule has 6 nitrogen and oxygen atoms in total. The van der Waals surface area contributed by atoms with Crippen LogP contribution in [0.3, 0.4) is 0 Å². The van der Waals surface area contributed by atoms with Crippen LogP contribution in [0.5, 0.6) is 0 Å². The van der Waals surface area contributed by atoms with Gasteiger partial charge in [0.15, 0.2) is 0 Å². The maximum absolute atomic E-state index is 12.6. The average Bonchev–Trinajstić information content (AvgIpc) is 3.15. The van der Waals surface area contributed by atoms with Crippen molar-refractivity contribution in [2.24, 2.45) is 0 Å². The second-order valence-electron chi connectivity index (χ2n) is 6.60. The SMILES string of the molecule is Cc1cc(C)c(CNS(=O)(=O)c2cccc(C(=O)N3CCCC3)c2)cn1. The van der Waals surface area contributed by atoms with E-state index in [4.69, 9.17) is 0 Å². The Hall–Kier alpha value is -2.25. The molecule has 2 heterocycles. The second-order valence-corrected chi connectivity index (χ2v) is 8.37. The van der Waals surface area contributed by atoms with Crippen molar-refractivity contribution < 1.29 is 13.2 Å². The van der Waals surface area contributed by atoms with Gasteiger partial charge in [-0.25, -0.2) is 13.1 Å². The summed E-state index contributed by atoms with van der Waals surface area (Å²) in [6.07, 6.45) is 3.67. The number of amides is 1. The summed E-state index contributed by atoms with van der Waals surface area (Å²) in [5.74, 6) is -0.113. The van der Waals surface area contributed by atoms with Gasteiger partial charge in [0.1, 0.15) is 0 Å². The number of carbonyl (C=O) groups is 1. The monoisotopic (exact) mass is 373 g/mol. The zero-order valence-corrected chi connectivity index (χ0v) is 15.8. The molecule has 1 amide bonds. The first kappa shape index (κ1) is 18.5. The lowest BCUT2D eigenvalue weighted by Gasteiger charge is -2.16. The van der Waals surface area contributed by atoms with Crippen molar-refractivity contribution in [3.63, 3.8) is 0 Å². The van der Waals surface area contributed by atoms with Gasteiger partial charge >= 0.3 is 0 Å². The Morgan fingerprint density at radius 2 is 1.92 bits per heavy atom. The average molecular weight is 373 g/mol. The molecule has 2 aromatic rings. The van der Waals surface area contributed by atoms with Gasteiger partial charge in [-0.2, -0.15) is 0 Å². The summed E-state index contributed by atoms with van der Waals surface area (Å²) in [7, 11) is -3.71. The van der Waals surface area contributed by atoms with Crippen LogP contribution in [0.25, 0.3) is 0 Å². The molecule has 1 aliphatic rings. The smallest absolute Gasteiger partial charge is 0.253 e. The summed E-state index contributed by atoms with van der Waals surface area (Å²) in [4.78, 5) is 18.6. The van der Waals surface area contributed by atoms with Gasteiger partial charge in [-0.1, -0.05) is 6.07 Å². The predicted molar refractivity (Wildman–Crippen MR) is 99.3 cm³/mol. The van der Waals surface area contributed by atoms with Crippen molar-refractivity contribution >= 4 is 15.9 Å². The Bertz CT molecular complexity index is 919. The molecule has 0 aliphatic carbocycles. The molecular formula is C19H23N3O3S. The van der Waals surface area contributed by atoms with E-state index in [0.29, 0.717) is 5.56 Å². The number of nitrogens with one attached hydrogen (secondary N) is 1. The quantitative estimate of drug-likeness (QED) is 0.873. The summed E-state index contributed by atoms with van der Waals surface area (Å²) in [5, 5.41) is 0. The van der Waals surface area contributed by atoms with E-state index in [1.807, 2.05) is 19.9 Å². The largest absolute Gasteiger partial charge is 0.339 e. The van der Waals surface area contributed by atoms with E-state index in [1.54, 1.807) is 23.2 Å². The minimum Gasteiger partial charge on any atom is -0.339 e. The van der Waals surface area contributed by atoms with E-state index in [0.717, 1.165) is 42.8 Å². The molecular weight excluding hydrogens is 350 g/mol. The van der Waals surface area contributed by atoms with Gasteiger partial charge in [-0.3, -0.25) is 9.78 Å². The van der Waals surface area contributed by atoms with E-state index in [2.05, 4.69) is 9.71 Å². The minimum atomic E-state index is -3.71. The lowest BCUT2D eigenvalue weighted by molar-refractivity contribution is 0.0792. The van der Waals surface area contributed by atoms with E-state index in [-0.39, 0.29) is 17.3 Å². The van der Waals surface area contributed by atoms with Gasteiger partial charge in [0.05, 0.1) is 4.90 Å². The molecule has 0 unspecified atom stereocenters. The molecule has 1 saturated heterocycles. The molecule has 1 aromatic heterocycles. The third kappa shape index (κ3) is 4.11. The minimum absolute atomic E-state index is 0.0975. The summed E-state index contributed by atoms with van der Waals surface area (Å²) in [6.45, 7) is 5.44. The second kappa shape index (κ2) is 7.55. The highest BCUT2D eigenvalue weighted by atomic mass is 32.2. The highest BCUT2D eigenvalue weighted by Gasteiger charge is 2.22. The zero-order valence-electron chi connectivity index (χ0n) is 15.0. The van der Waals surface area contributed by atoms with Crippen LogP contribution in [0.4, 0.5) is 0 Å². The van der Waals surface area contributed by atoms with Crippen LogP contribution in [0, 0.1) is 13.8 Å². The van der Waals surface area contributed by atoms with Gasteiger partial charge < -0.3 is 4.90 Å². The van der Waals surface area contributed by atoms with Crippen molar-refractivity contribution in [3.05, 3.63) is 58.9 Å². The predicted octanol–water partition coefficient (Wildman–Crippen LogP) is 2.41. The lowest BCUT2D eigenvalue weighted by atomic mass is 10.1. The molecule has 1 aromatic carbocycles. The summed E-state index contributed by atoms with van der Waals surface area (Å²) in [6, 6.07) is 8.13. The highest BCUT2D eigenvalue weighted by molar-refractivity contribution is 7.89. The first-order chi connectivity index (χ1) is 12.4. The number of benzene rings is 1. The van der Waals surface area contributed by atoms with Crippen LogP contribution in [0.2, 0.25) is 0 Å². The zero-order chi connectivity index (χ0) is 18.7. The Morgan fingerprint density at radius 3 is 2.62 bits per heavy atom. The molecule has 1 N–H and O–H groups in total. The van der Waals surface area contributed by atoms with Crippen LogP contribution in [-0.2, 0) is 16.6 Å². The number of hydrogen-bond donors (Lipinski definition) is 1. The van der Waals surface area contributed by atoms with Gasteiger partial charge in [-0.05, 0) is 62.1 Å². The molecule has 0 saturated carbocycles. The molecule has 3 rings (SSSR count). The fourth-order valence-corrected chi connectivity index (χ4v) is 4.12. The number of carbonyl (C=O) groups excluding carboxylic acids is 1. The number of nitrogens with zero attached hydrogens (tertiary/aromatic N) is 2. The van der Waals surface area contributed by atoms with Crippen molar-refractivity contribution in [1.29, 1.82) is 0 Å². The molecule has 1 fully saturated rings. The first-order valence-electron chi connectivity index (χ1n) is 8.68. The van der Waals surface area contributed by atoms with E-state index in [9.17, 15) is 13.2 Å². The Labute approximate surface area is 154 Å². The molecule has 0 radical (unpaired) electrons. The van der Waals surface area contributed by atoms with Crippen LogP contribution in [-0.4, -0.2) is 37.3 Å². The Kier molecular flexibility index (Phi) is 5.38. The molecule has 138 valence electrons. The molecule has 0 atom stereocenters. The van der Waals surface area contributed by atoms with Gasteiger partial charge in [0, 0.05) is 37.1 Å². The number of likely N-dealkylation sites (tertiary alicyclic amines) is 1. The number of pyridine rings is 1. The highest BCUT2D eigenvalue weighted by Crippen LogP contribution is 2.17. The number of sulfonamides is 1. The van der Waals surface area contributed by atoms with Crippen molar-refractivity contribution in [1.82, 2.24) is 14.6 Å². The Morgan fingerprint density at radius 1 is 1.19 bits per heavy atom. The van der Waals surface area contributed by atoms with Crippen molar-refractivity contribution in [3.8, 4) is 0 Å². The van der Waals surface area contributed by atoms with E-state index in [1.165, 1.54) is 12.1 Å². The third-order valence-electron chi connectivity index (χ3n) is 4.59. The first-order valence-corrected chi connectivity index (χ1v) is 10.2. The van der Waals surface area contributed by atoms with Crippen LogP contribution >= 0.6 is 0 Å². The summed E-state index contributed by atoms with van der Waals surface area (Å²) in [5.41, 5.74) is 3.10. The fourth-order valence-electron chi connectivity index (χ4n) is 3.07. The topological polar surface area (TPSA) is 79.4 Å². The van der Waals surface area contributed by atoms with Crippen LogP contribution in [0.15, 0.2) is 41.4 Å². The molecule has 0 spiro atoms. The fraction of sp³-hybridized carbons (Fsp3) is 0.368. The number of rotatable bonds is 5. The third-order valence-corrected chi connectivity index (χ3v) is 5.99. The van der Waals surface area contributed by atoms with Crippen molar-refractivity contribution in [2.45, 2.75) is 38.1 Å².